The van der Waals surface area contributed by atoms with E-state index in [1.165, 1.54) is 4.31 Å². The second kappa shape index (κ2) is 6.04. The molecule has 0 N–H and O–H groups in total. The highest BCUT2D eigenvalue weighted by molar-refractivity contribution is 7.88. The summed E-state index contributed by atoms with van der Waals surface area (Å²) in [7, 11) is -3.49. The van der Waals surface area contributed by atoms with Gasteiger partial charge in [0.2, 0.25) is 10.0 Å². The summed E-state index contributed by atoms with van der Waals surface area (Å²) in [6.07, 6.45) is 1.89. The van der Waals surface area contributed by atoms with Crippen LogP contribution in [0.2, 0.25) is 0 Å². The first kappa shape index (κ1) is 14.5. The lowest BCUT2D eigenvalue weighted by atomic mass is 10.1. The van der Waals surface area contributed by atoms with Gasteiger partial charge in [-0.25, -0.2) is 8.42 Å². The van der Waals surface area contributed by atoms with Crippen LogP contribution in [0, 0.1) is 22.7 Å². The molecule has 0 heterocycles. The van der Waals surface area contributed by atoms with Gasteiger partial charge in [0.25, 0.3) is 0 Å². The number of benzene rings is 1. The van der Waals surface area contributed by atoms with Crippen LogP contribution < -0.4 is 0 Å². The summed E-state index contributed by atoms with van der Waals surface area (Å²) in [5, 5.41) is 17.7. The average molecular weight is 289 g/mol. The van der Waals surface area contributed by atoms with Crippen molar-refractivity contribution in [1.29, 1.82) is 10.5 Å². The Bertz CT molecular complexity index is 666. The summed E-state index contributed by atoms with van der Waals surface area (Å²) >= 11 is 0. The first-order valence-electron chi connectivity index (χ1n) is 6.43. The van der Waals surface area contributed by atoms with Crippen LogP contribution in [-0.2, 0) is 15.8 Å². The van der Waals surface area contributed by atoms with E-state index in [1.54, 1.807) is 24.3 Å². The Hall–Kier alpha value is -1.89. The van der Waals surface area contributed by atoms with Crippen LogP contribution in [0.1, 0.15) is 30.4 Å². The number of nitriles is 2. The standard InChI is InChI=1S/C14H15N3O2S/c15-8-3-9-17(14-6-7-14)20(18,19)11-13-5-2-1-4-12(13)10-16/h1-2,4-5,14H,3,6-7,9,11H2. The first-order chi connectivity index (χ1) is 9.58. The van der Waals surface area contributed by atoms with Crippen molar-refractivity contribution in [3.8, 4) is 12.1 Å². The lowest BCUT2D eigenvalue weighted by Crippen LogP contribution is -2.35. The molecule has 0 unspecified atom stereocenters. The largest absolute Gasteiger partial charge is 0.218 e. The lowest BCUT2D eigenvalue weighted by Gasteiger charge is -2.21. The summed E-state index contributed by atoms with van der Waals surface area (Å²) in [4.78, 5) is 0. The Morgan fingerprint density at radius 1 is 1.25 bits per heavy atom. The van der Waals surface area contributed by atoms with Gasteiger partial charge in [0.1, 0.15) is 0 Å². The Labute approximate surface area is 119 Å². The summed E-state index contributed by atoms with van der Waals surface area (Å²) in [5.74, 6) is -0.182. The van der Waals surface area contributed by atoms with Crippen molar-refractivity contribution < 1.29 is 8.42 Å². The first-order valence-corrected chi connectivity index (χ1v) is 8.04. The van der Waals surface area contributed by atoms with Crippen molar-refractivity contribution in [1.82, 2.24) is 4.31 Å². The zero-order chi connectivity index (χ0) is 14.6. The molecule has 0 aromatic heterocycles. The predicted octanol–water partition coefficient (Wildman–Crippen LogP) is 1.77. The van der Waals surface area contributed by atoms with Gasteiger partial charge in [-0.3, -0.25) is 0 Å². The van der Waals surface area contributed by atoms with E-state index in [2.05, 4.69) is 0 Å². The van der Waals surface area contributed by atoms with Crippen molar-refractivity contribution in [2.75, 3.05) is 6.54 Å². The van der Waals surface area contributed by atoms with Crippen LogP contribution in [0.5, 0.6) is 0 Å². The SMILES string of the molecule is N#CCCN(C1CC1)S(=O)(=O)Cc1ccccc1C#N. The molecule has 0 atom stereocenters. The minimum atomic E-state index is -3.49. The molecule has 1 aliphatic carbocycles. The fraction of sp³-hybridized carbons (Fsp3) is 0.429. The summed E-state index contributed by atoms with van der Waals surface area (Å²) in [5.41, 5.74) is 0.893. The lowest BCUT2D eigenvalue weighted by molar-refractivity contribution is 0.410. The highest BCUT2D eigenvalue weighted by Crippen LogP contribution is 2.30. The fourth-order valence-corrected chi connectivity index (χ4v) is 3.95. The fourth-order valence-electron chi connectivity index (χ4n) is 2.11. The molecule has 6 heteroatoms. The van der Waals surface area contributed by atoms with Gasteiger partial charge in [0.05, 0.1) is 23.5 Å². The molecule has 0 spiro atoms. The molecule has 0 amide bonds. The summed E-state index contributed by atoms with van der Waals surface area (Å²) < 4.78 is 26.3. The van der Waals surface area contributed by atoms with Gasteiger partial charge in [0, 0.05) is 19.0 Å². The zero-order valence-electron chi connectivity index (χ0n) is 11.0. The van der Waals surface area contributed by atoms with Crippen LogP contribution >= 0.6 is 0 Å². The molecule has 0 saturated heterocycles. The van der Waals surface area contributed by atoms with E-state index in [4.69, 9.17) is 10.5 Å². The Balaban J connectivity index is 2.21. The van der Waals surface area contributed by atoms with Gasteiger partial charge < -0.3 is 0 Å². The van der Waals surface area contributed by atoms with Gasteiger partial charge in [-0.05, 0) is 24.5 Å². The van der Waals surface area contributed by atoms with Gasteiger partial charge in [-0.15, -0.1) is 0 Å². The molecule has 0 bridgehead atoms. The van der Waals surface area contributed by atoms with E-state index in [0.717, 1.165) is 12.8 Å². The molecule has 20 heavy (non-hydrogen) atoms. The number of rotatable bonds is 6. The number of hydrogen-bond donors (Lipinski definition) is 0. The van der Waals surface area contributed by atoms with Crippen LogP contribution in [0.15, 0.2) is 24.3 Å². The van der Waals surface area contributed by atoms with Crippen LogP contribution in [0.4, 0.5) is 0 Å². The maximum atomic E-state index is 12.5. The van der Waals surface area contributed by atoms with Crippen molar-refractivity contribution in [3.63, 3.8) is 0 Å². The maximum Gasteiger partial charge on any atom is 0.218 e. The molecule has 2 rings (SSSR count). The molecule has 5 nitrogen and oxygen atoms in total. The molecule has 1 aliphatic rings. The molecule has 0 radical (unpaired) electrons. The third-order valence-electron chi connectivity index (χ3n) is 3.23. The molecular weight excluding hydrogens is 274 g/mol. The molecule has 0 aliphatic heterocycles. The Morgan fingerprint density at radius 2 is 1.95 bits per heavy atom. The van der Waals surface area contributed by atoms with Gasteiger partial charge in [-0.1, -0.05) is 18.2 Å². The quantitative estimate of drug-likeness (QED) is 0.798. The van der Waals surface area contributed by atoms with Crippen LogP contribution in [-0.4, -0.2) is 25.3 Å². The third kappa shape index (κ3) is 3.36. The Kier molecular flexibility index (Phi) is 4.39. The normalized spacial score (nSPS) is 14.8. The highest BCUT2D eigenvalue weighted by atomic mass is 32.2. The van der Waals surface area contributed by atoms with Gasteiger partial charge in [0.15, 0.2) is 0 Å². The number of nitrogens with zero attached hydrogens (tertiary/aromatic N) is 3. The maximum absolute atomic E-state index is 12.5. The van der Waals surface area contributed by atoms with Crippen LogP contribution in [0.25, 0.3) is 0 Å². The van der Waals surface area contributed by atoms with E-state index < -0.39 is 10.0 Å². The number of hydrogen-bond acceptors (Lipinski definition) is 4. The smallest absolute Gasteiger partial charge is 0.212 e. The third-order valence-corrected chi connectivity index (χ3v) is 5.10. The Morgan fingerprint density at radius 3 is 2.55 bits per heavy atom. The highest BCUT2D eigenvalue weighted by Gasteiger charge is 2.36. The molecule has 1 aromatic carbocycles. The van der Waals surface area contributed by atoms with E-state index in [-0.39, 0.29) is 24.8 Å². The zero-order valence-corrected chi connectivity index (χ0v) is 11.8. The molecule has 104 valence electrons. The minimum absolute atomic E-state index is 0.0302. The van der Waals surface area contributed by atoms with Gasteiger partial charge in [-0.2, -0.15) is 14.8 Å². The minimum Gasteiger partial charge on any atom is -0.212 e. The molecule has 1 fully saturated rings. The van der Waals surface area contributed by atoms with E-state index in [0.29, 0.717) is 11.1 Å². The van der Waals surface area contributed by atoms with E-state index in [1.807, 2.05) is 12.1 Å². The van der Waals surface area contributed by atoms with Crippen molar-refractivity contribution in [3.05, 3.63) is 35.4 Å². The van der Waals surface area contributed by atoms with Crippen molar-refractivity contribution >= 4 is 10.0 Å². The van der Waals surface area contributed by atoms with Crippen molar-refractivity contribution in [2.45, 2.75) is 31.1 Å². The molecule has 1 saturated carbocycles. The summed E-state index contributed by atoms with van der Waals surface area (Å²) in [6, 6.07) is 10.7. The predicted molar refractivity (Wildman–Crippen MR) is 73.7 cm³/mol. The average Bonchev–Trinajstić information content (AvgIpc) is 3.23. The van der Waals surface area contributed by atoms with Crippen molar-refractivity contribution in [2.24, 2.45) is 0 Å². The van der Waals surface area contributed by atoms with E-state index in [9.17, 15) is 8.42 Å². The second-order valence-corrected chi connectivity index (χ2v) is 6.70. The molecular formula is C14H15N3O2S. The van der Waals surface area contributed by atoms with Gasteiger partial charge >= 0.3 is 0 Å². The van der Waals surface area contributed by atoms with Crippen LogP contribution in [0.3, 0.4) is 0 Å². The monoisotopic (exact) mass is 289 g/mol. The second-order valence-electron chi connectivity index (χ2n) is 4.78. The van der Waals surface area contributed by atoms with E-state index >= 15 is 0 Å². The summed E-state index contributed by atoms with van der Waals surface area (Å²) in [6.45, 7) is 0.234. The topological polar surface area (TPSA) is 85.0 Å². The number of sulfonamides is 1. The molecule has 1 aromatic rings.